The van der Waals surface area contributed by atoms with Gasteiger partial charge in [0.1, 0.15) is 11.9 Å². The lowest BCUT2D eigenvalue weighted by Crippen LogP contribution is -2.47. The minimum atomic E-state index is -3.31. The summed E-state index contributed by atoms with van der Waals surface area (Å²) < 4.78 is 37.4. The van der Waals surface area contributed by atoms with E-state index in [9.17, 15) is 8.42 Å². The predicted octanol–water partition coefficient (Wildman–Crippen LogP) is 1.72. The summed E-state index contributed by atoms with van der Waals surface area (Å²) in [5, 5.41) is 0. The minimum absolute atomic E-state index is 0.248. The highest BCUT2D eigenvalue weighted by molar-refractivity contribution is 7.88. The maximum atomic E-state index is 11.5. The Labute approximate surface area is 121 Å². The Balaban J connectivity index is 2.17. The monoisotopic (exact) mass is 301 g/mol. The standard InChI is InChI=1S/C14H23NO4S/c1-14(2,3)19-13-11(15-20(4,16)17)6-5-7-12(13)18-10-8-9-10/h5-7,10-11,13,15H,8-9H2,1-4H3. The number of hydrogen-bond donors (Lipinski definition) is 1. The van der Waals surface area contributed by atoms with Crippen molar-refractivity contribution in [1.29, 1.82) is 0 Å². The lowest BCUT2D eigenvalue weighted by Gasteiger charge is -2.34. The van der Waals surface area contributed by atoms with Crippen molar-refractivity contribution < 1.29 is 17.9 Å². The fourth-order valence-corrected chi connectivity index (χ4v) is 2.68. The van der Waals surface area contributed by atoms with Crippen LogP contribution in [0.2, 0.25) is 0 Å². The molecule has 20 heavy (non-hydrogen) atoms. The van der Waals surface area contributed by atoms with Crippen molar-refractivity contribution >= 4 is 10.0 Å². The third-order valence-corrected chi connectivity index (χ3v) is 3.54. The van der Waals surface area contributed by atoms with Crippen LogP contribution in [0, 0.1) is 0 Å². The highest BCUT2D eigenvalue weighted by Crippen LogP contribution is 2.31. The second-order valence-corrected chi connectivity index (χ2v) is 8.12. The van der Waals surface area contributed by atoms with E-state index in [1.807, 2.05) is 32.9 Å². The molecule has 0 spiro atoms. The van der Waals surface area contributed by atoms with Crippen LogP contribution in [0.1, 0.15) is 33.6 Å². The largest absolute Gasteiger partial charge is 0.492 e. The van der Waals surface area contributed by atoms with Crippen LogP contribution in [0.15, 0.2) is 24.0 Å². The molecule has 5 nitrogen and oxygen atoms in total. The first-order valence-electron chi connectivity index (χ1n) is 6.84. The molecule has 2 aliphatic carbocycles. The Bertz CT molecular complexity index is 512. The van der Waals surface area contributed by atoms with Crippen LogP contribution in [0.5, 0.6) is 0 Å². The number of hydrogen-bond acceptors (Lipinski definition) is 4. The molecule has 0 aromatic heterocycles. The maximum Gasteiger partial charge on any atom is 0.209 e. The molecular weight excluding hydrogens is 278 g/mol. The van der Waals surface area contributed by atoms with Crippen molar-refractivity contribution in [3.8, 4) is 0 Å². The van der Waals surface area contributed by atoms with E-state index >= 15 is 0 Å². The quantitative estimate of drug-likeness (QED) is 0.840. The van der Waals surface area contributed by atoms with Crippen molar-refractivity contribution in [3.63, 3.8) is 0 Å². The minimum Gasteiger partial charge on any atom is -0.492 e. The topological polar surface area (TPSA) is 64.6 Å². The molecule has 2 aliphatic rings. The summed E-state index contributed by atoms with van der Waals surface area (Å²) in [7, 11) is -3.31. The SMILES string of the molecule is CC(C)(C)OC1C(OC2CC2)=CC=CC1NS(C)(=O)=O. The van der Waals surface area contributed by atoms with Gasteiger partial charge in [0.15, 0.2) is 0 Å². The number of ether oxygens (including phenoxy) is 2. The maximum absolute atomic E-state index is 11.5. The van der Waals surface area contributed by atoms with Crippen molar-refractivity contribution in [2.45, 2.75) is 57.5 Å². The Morgan fingerprint density at radius 3 is 2.45 bits per heavy atom. The van der Waals surface area contributed by atoms with Gasteiger partial charge in [0.25, 0.3) is 0 Å². The first-order valence-corrected chi connectivity index (χ1v) is 8.73. The molecule has 0 saturated heterocycles. The molecule has 0 aliphatic heterocycles. The number of sulfonamides is 1. The Hall–Kier alpha value is -0.850. The highest BCUT2D eigenvalue weighted by atomic mass is 32.2. The molecule has 6 heteroatoms. The molecule has 0 bridgehead atoms. The zero-order valence-electron chi connectivity index (χ0n) is 12.4. The second-order valence-electron chi connectivity index (χ2n) is 6.34. The van der Waals surface area contributed by atoms with Gasteiger partial charge >= 0.3 is 0 Å². The summed E-state index contributed by atoms with van der Waals surface area (Å²) in [4.78, 5) is 0. The van der Waals surface area contributed by atoms with Crippen LogP contribution in [-0.2, 0) is 19.5 Å². The molecule has 114 valence electrons. The van der Waals surface area contributed by atoms with Crippen LogP contribution in [0.3, 0.4) is 0 Å². The van der Waals surface area contributed by atoms with Crippen LogP contribution >= 0.6 is 0 Å². The molecule has 1 N–H and O–H groups in total. The van der Waals surface area contributed by atoms with Gasteiger partial charge in [-0.3, -0.25) is 0 Å². The third kappa shape index (κ3) is 4.92. The zero-order chi connectivity index (χ0) is 15.0. The van der Waals surface area contributed by atoms with Crippen molar-refractivity contribution in [2.24, 2.45) is 0 Å². The lowest BCUT2D eigenvalue weighted by atomic mass is 10.0. The number of nitrogens with one attached hydrogen (secondary N) is 1. The zero-order valence-corrected chi connectivity index (χ0v) is 13.2. The van der Waals surface area contributed by atoms with Crippen LogP contribution in [0.4, 0.5) is 0 Å². The molecule has 0 aromatic carbocycles. The van der Waals surface area contributed by atoms with E-state index in [4.69, 9.17) is 9.47 Å². The Morgan fingerprint density at radius 1 is 1.30 bits per heavy atom. The molecule has 2 atom stereocenters. The van der Waals surface area contributed by atoms with Gasteiger partial charge in [0.05, 0.1) is 24.0 Å². The molecule has 0 aromatic rings. The second kappa shape index (κ2) is 5.50. The van der Waals surface area contributed by atoms with Gasteiger partial charge in [0, 0.05) is 0 Å². The Morgan fingerprint density at radius 2 is 1.95 bits per heavy atom. The fraction of sp³-hybridized carbons (Fsp3) is 0.714. The van der Waals surface area contributed by atoms with Crippen molar-refractivity contribution in [3.05, 3.63) is 24.0 Å². The van der Waals surface area contributed by atoms with Crippen molar-refractivity contribution in [2.75, 3.05) is 6.26 Å². The van der Waals surface area contributed by atoms with E-state index in [1.165, 1.54) is 0 Å². The van der Waals surface area contributed by atoms with E-state index < -0.39 is 22.2 Å². The van der Waals surface area contributed by atoms with Crippen molar-refractivity contribution in [1.82, 2.24) is 4.72 Å². The molecule has 2 rings (SSSR count). The summed E-state index contributed by atoms with van der Waals surface area (Å²) in [6, 6.07) is -0.442. The first kappa shape index (κ1) is 15.5. The molecule has 1 fully saturated rings. The molecular formula is C14H23NO4S. The van der Waals surface area contributed by atoms with E-state index in [0.717, 1.165) is 19.1 Å². The predicted molar refractivity (Wildman–Crippen MR) is 77.7 cm³/mol. The summed E-state index contributed by atoms with van der Waals surface area (Å²) in [5.74, 6) is 0.700. The molecule has 1 saturated carbocycles. The van der Waals surface area contributed by atoms with Gasteiger partial charge in [-0.05, 0) is 39.7 Å². The highest BCUT2D eigenvalue weighted by Gasteiger charge is 2.36. The lowest BCUT2D eigenvalue weighted by molar-refractivity contribution is -0.0735. The van der Waals surface area contributed by atoms with Crippen LogP contribution in [-0.4, -0.2) is 38.5 Å². The first-order chi connectivity index (χ1) is 9.14. The van der Waals surface area contributed by atoms with E-state index in [1.54, 1.807) is 6.08 Å². The molecule has 2 unspecified atom stereocenters. The van der Waals surface area contributed by atoms with Crippen LogP contribution < -0.4 is 4.72 Å². The van der Waals surface area contributed by atoms with Gasteiger partial charge in [-0.1, -0.05) is 12.2 Å². The normalized spacial score (nSPS) is 27.3. The van der Waals surface area contributed by atoms with Gasteiger partial charge < -0.3 is 9.47 Å². The number of rotatable bonds is 5. The average Bonchev–Trinajstić information content (AvgIpc) is 3.03. The molecule has 0 heterocycles. The smallest absolute Gasteiger partial charge is 0.209 e. The molecule has 0 amide bonds. The number of allylic oxidation sites excluding steroid dienone is 2. The average molecular weight is 301 g/mol. The van der Waals surface area contributed by atoms with E-state index in [0.29, 0.717) is 5.76 Å². The van der Waals surface area contributed by atoms with Gasteiger partial charge in [0.2, 0.25) is 10.0 Å². The summed E-state index contributed by atoms with van der Waals surface area (Å²) in [6.07, 6.45) is 8.51. The van der Waals surface area contributed by atoms with Gasteiger partial charge in [-0.25, -0.2) is 13.1 Å². The van der Waals surface area contributed by atoms with E-state index in [2.05, 4.69) is 4.72 Å². The molecule has 0 radical (unpaired) electrons. The summed E-state index contributed by atoms with van der Waals surface area (Å²) in [5.41, 5.74) is -0.390. The summed E-state index contributed by atoms with van der Waals surface area (Å²) in [6.45, 7) is 5.83. The van der Waals surface area contributed by atoms with Crippen LogP contribution in [0.25, 0.3) is 0 Å². The third-order valence-electron chi connectivity index (χ3n) is 2.84. The fourth-order valence-electron chi connectivity index (χ4n) is 1.99. The Kier molecular flexibility index (Phi) is 4.27. The van der Waals surface area contributed by atoms with Gasteiger partial charge in [-0.2, -0.15) is 0 Å². The van der Waals surface area contributed by atoms with E-state index in [-0.39, 0.29) is 11.7 Å². The van der Waals surface area contributed by atoms with Gasteiger partial charge in [-0.15, -0.1) is 0 Å². The summed E-state index contributed by atoms with van der Waals surface area (Å²) >= 11 is 0.